The summed E-state index contributed by atoms with van der Waals surface area (Å²) in [7, 11) is 1.91. The monoisotopic (exact) mass is 235 g/mol. The van der Waals surface area contributed by atoms with Crippen LogP contribution in [0.4, 0.5) is 0 Å². The Bertz CT molecular complexity index is 491. The second-order valence-electron chi connectivity index (χ2n) is 3.71. The summed E-state index contributed by atoms with van der Waals surface area (Å²) in [6.45, 7) is 0.602. The molecule has 4 heteroatoms. The number of halogens is 1. The molecule has 0 aliphatic rings. The maximum atomic E-state index is 5.98. The van der Waals surface area contributed by atoms with Gasteiger partial charge in [-0.1, -0.05) is 23.7 Å². The zero-order valence-corrected chi connectivity index (χ0v) is 9.91. The molecule has 0 aliphatic heterocycles. The first-order valence-corrected chi connectivity index (χ1v) is 5.57. The van der Waals surface area contributed by atoms with Gasteiger partial charge in [0.1, 0.15) is 0 Å². The van der Waals surface area contributed by atoms with Crippen LogP contribution >= 0.6 is 11.6 Å². The van der Waals surface area contributed by atoms with Crippen molar-refractivity contribution in [3.8, 4) is 11.1 Å². The number of benzene rings is 1. The fourth-order valence-electron chi connectivity index (χ4n) is 1.75. The summed E-state index contributed by atoms with van der Waals surface area (Å²) < 4.78 is 1.81. The van der Waals surface area contributed by atoms with Gasteiger partial charge in [-0.25, -0.2) is 0 Å². The molecule has 1 heterocycles. The Morgan fingerprint density at radius 1 is 1.44 bits per heavy atom. The minimum atomic E-state index is 0.602. The predicted octanol–water partition coefficient (Wildman–Crippen LogP) is 2.24. The first-order valence-electron chi connectivity index (χ1n) is 5.19. The standard InChI is InChI=1S/C12H14ClN3/c1-16-8-11(12(15-16)5-6-14)9-3-2-4-10(13)7-9/h2-4,7-8H,5-6,14H2,1H3. The molecule has 0 saturated heterocycles. The van der Waals surface area contributed by atoms with Crippen molar-refractivity contribution >= 4 is 11.6 Å². The molecule has 0 amide bonds. The number of hydrogen-bond acceptors (Lipinski definition) is 2. The number of hydrogen-bond donors (Lipinski definition) is 1. The van der Waals surface area contributed by atoms with Crippen LogP contribution in [0.1, 0.15) is 5.69 Å². The molecule has 0 radical (unpaired) electrons. The summed E-state index contributed by atoms with van der Waals surface area (Å²) in [6.07, 6.45) is 2.78. The van der Waals surface area contributed by atoms with E-state index in [2.05, 4.69) is 5.10 Å². The van der Waals surface area contributed by atoms with Crippen LogP contribution in [-0.2, 0) is 13.5 Å². The van der Waals surface area contributed by atoms with Gasteiger partial charge < -0.3 is 5.73 Å². The summed E-state index contributed by atoms with van der Waals surface area (Å²) in [5.74, 6) is 0. The molecular weight excluding hydrogens is 222 g/mol. The van der Waals surface area contributed by atoms with Crippen LogP contribution in [0.15, 0.2) is 30.5 Å². The number of aryl methyl sites for hydroxylation is 1. The molecule has 0 saturated carbocycles. The van der Waals surface area contributed by atoms with E-state index in [1.54, 1.807) is 4.68 Å². The molecule has 84 valence electrons. The Labute approximate surface area is 99.8 Å². The van der Waals surface area contributed by atoms with Gasteiger partial charge in [0.15, 0.2) is 0 Å². The molecule has 3 nitrogen and oxygen atoms in total. The van der Waals surface area contributed by atoms with Gasteiger partial charge in [0, 0.05) is 30.3 Å². The summed E-state index contributed by atoms with van der Waals surface area (Å²) >= 11 is 5.98. The Hall–Kier alpha value is -1.32. The lowest BCUT2D eigenvalue weighted by atomic mass is 10.1. The molecule has 0 fully saturated rings. The highest BCUT2D eigenvalue weighted by Gasteiger charge is 2.09. The van der Waals surface area contributed by atoms with Crippen LogP contribution in [0, 0.1) is 0 Å². The summed E-state index contributed by atoms with van der Waals surface area (Å²) in [5.41, 5.74) is 8.79. The maximum Gasteiger partial charge on any atom is 0.0715 e. The third kappa shape index (κ3) is 2.26. The smallest absolute Gasteiger partial charge is 0.0715 e. The molecule has 0 atom stereocenters. The minimum Gasteiger partial charge on any atom is -0.330 e. The van der Waals surface area contributed by atoms with Crippen molar-refractivity contribution in [3.05, 3.63) is 41.2 Å². The lowest BCUT2D eigenvalue weighted by molar-refractivity contribution is 0.739. The first kappa shape index (κ1) is 11.2. The van der Waals surface area contributed by atoms with E-state index in [9.17, 15) is 0 Å². The second-order valence-corrected chi connectivity index (χ2v) is 4.15. The van der Waals surface area contributed by atoms with Gasteiger partial charge in [0.25, 0.3) is 0 Å². The van der Waals surface area contributed by atoms with Crippen molar-refractivity contribution in [2.24, 2.45) is 12.8 Å². The van der Waals surface area contributed by atoms with E-state index in [1.165, 1.54) is 0 Å². The van der Waals surface area contributed by atoms with Crippen LogP contribution < -0.4 is 5.73 Å². The number of rotatable bonds is 3. The van der Waals surface area contributed by atoms with Crippen LogP contribution in [-0.4, -0.2) is 16.3 Å². The van der Waals surface area contributed by atoms with Crippen molar-refractivity contribution in [1.82, 2.24) is 9.78 Å². The lowest BCUT2D eigenvalue weighted by Crippen LogP contribution is -2.04. The molecule has 16 heavy (non-hydrogen) atoms. The van der Waals surface area contributed by atoms with Crippen LogP contribution in [0.2, 0.25) is 5.02 Å². The number of nitrogens with two attached hydrogens (primary N) is 1. The molecular formula is C12H14ClN3. The SMILES string of the molecule is Cn1cc(-c2cccc(Cl)c2)c(CCN)n1. The molecule has 0 aliphatic carbocycles. The van der Waals surface area contributed by atoms with Gasteiger partial charge in [-0.2, -0.15) is 5.10 Å². The van der Waals surface area contributed by atoms with Gasteiger partial charge >= 0.3 is 0 Å². The maximum absolute atomic E-state index is 5.98. The van der Waals surface area contributed by atoms with E-state index >= 15 is 0 Å². The van der Waals surface area contributed by atoms with E-state index in [4.69, 9.17) is 17.3 Å². The summed E-state index contributed by atoms with van der Waals surface area (Å²) in [6, 6.07) is 7.78. The average molecular weight is 236 g/mol. The normalized spacial score (nSPS) is 10.7. The molecule has 2 rings (SSSR count). The third-order valence-electron chi connectivity index (χ3n) is 2.42. The number of nitrogens with zero attached hydrogens (tertiary/aromatic N) is 2. The van der Waals surface area contributed by atoms with Gasteiger partial charge in [-0.15, -0.1) is 0 Å². The summed E-state index contributed by atoms with van der Waals surface area (Å²) in [5, 5.41) is 5.14. The molecule has 0 bridgehead atoms. The molecule has 2 N–H and O–H groups in total. The highest BCUT2D eigenvalue weighted by atomic mass is 35.5. The quantitative estimate of drug-likeness (QED) is 0.887. The van der Waals surface area contributed by atoms with Crippen molar-refractivity contribution < 1.29 is 0 Å². The van der Waals surface area contributed by atoms with E-state index < -0.39 is 0 Å². The van der Waals surface area contributed by atoms with Crippen molar-refractivity contribution in [3.63, 3.8) is 0 Å². The summed E-state index contributed by atoms with van der Waals surface area (Å²) in [4.78, 5) is 0. The van der Waals surface area contributed by atoms with Crippen LogP contribution in [0.25, 0.3) is 11.1 Å². The largest absolute Gasteiger partial charge is 0.330 e. The van der Waals surface area contributed by atoms with Gasteiger partial charge in [0.2, 0.25) is 0 Å². The fourth-order valence-corrected chi connectivity index (χ4v) is 1.94. The Balaban J connectivity index is 2.46. The van der Waals surface area contributed by atoms with Gasteiger partial charge in [-0.05, 0) is 24.2 Å². The highest BCUT2D eigenvalue weighted by molar-refractivity contribution is 6.30. The zero-order valence-electron chi connectivity index (χ0n) is 9.15. The molecule has 0 spiro atoms. The minimum absolute atomic E-state index is 0.602. The van der Waals surface area contributed by atoms with Crippen LogP contribution in [0.5, 0.6) is 0 Å². The fraction of sp³-hybridized carbons (Fsp3) is 0.250. The van der Waals surface area contributed by atoms with Gasteiger partial charge in [-0.3, -0.25) is 4.68 Å². The Kier molecular flexibility index (Phi) is 3.27. The highest BCUT2D eigenvalue weighted by Crippen LogP contribution is 2.25. The lowest BCUT2D eigenvalue weighted by Gasteiger charge is -2.01. The van der Waals surface area contributed by atoms with E-state index in [0.29, 0.717) is 6.54 Å². The Morgan fingerprint density at radius 3 is 2.94 bits per heavy atom. The van der Waals surface area contributed by atoms with Gasteiger partial charge in [0.05, 0.1) is 5.69 Å². The zero-order chi connectivity index (χ0) is 11.5. The molecule has 1 aromatic carbocycles. The average Bonchev–Trinajstić information content (AvgIpc) is 2.60. The van der Waals surface area contributed by atoms with E-state index in [1.807, 2.05) is 37.5 Å². The van der Waals surface area contributed by atoms with Crippen molar-refractivity contribution in [2.45, 2.75) is 6.42 Å². The molecule has 0 unspecified atom stereocenters. The second kappa shape index (κ2) is 4.68. The molecule has 2 aromatic rings. The van der Waals surface area contributed by atoms with Crippen molar-refractivity contribution in [2.75, 3.05) is 6.54 Å². The topological polar surface area (TPSA) is 43.8 Å². The Morgan fingerprint density at radius 2 is 2.25 bits per heavy atom. The molecule has 1 aromatic heterocycles. The predicted molar refractivity (Wildman–Crippen MR) is 66.4 cm³/mol. The number of aromatic nitrogens is 2. The van der Waals surface area contributed by atoms with E-state index in [0.717, 1.165) is 28.3 Å². The van der Waals surface area contributed by atoms with Crippen molar-refractivity contribution in [1.29, 1.82) is 0 Å². The van der Waals surface area contributed by atoms with E-state index in [-0.39, 0.29) is 0 Å². The van der Waals surface area contributed by atoms with Crippen LogP contribution in [0.3, 0.4) is 0 Å². The third-order valence-corrected chi connectivity index (χ3v) is 2.66. The first-order chi connectivity index (χ1) is 7.70.